The van der Waals surface area contributed by atoms with E-state index in [2.05, 4.69) is 10.3 Å². The second kappa shape index (κ2) is 8.84. The highest BCUT2D eigenvalue weighted by molar-refractivity contribution is 7.99. The molecule has 0 saturated carbocycles. The summed E-state index contributed by atoms with van der Waals surface area (Å²) in [5, 5.41) is 4.44. The van der Waals surface area contributed by atoms with Crippen LogP contribution >= 0.6 is 23.1 Å². The summed E-state index contributed by atoms with van der Waals surface area (Å²) in [6.07, 6.45) is 2.73. The van der Waals surface area contributed by atoms with Crippen molar-refractivity contribution in [3.05, 3.63) is 50.6 Å². The molecule has 1 aliphatic carbocycles. The van der Waals surface area contributed by atoms with Gasteiger partial charge in [0.2, 0.25) is 5.91 Å². The number of aryl methyl sites for hydroxylation is 1. The molecule has 7 nitrogen and oxygen atoms in total. The third-order valence-electron chi connectivity index (χ3n) is 5.13. The number of hydrogen-bond acceptors (Lipinski definition) is 6. The molecule has 162 valence electrons. The number of aromatic nitrogens is 2. The number of rotatable bonds is 7. The maximum atomic E-state index is 13.0. The van der Waals surface area contributed by atoms with E-state index in [1.54, 1.807) is 16.7 Å². The van der Waals surface area contributed by atoms with Crippen LogP contribution in [0.3, 0.4) is 0 Å². The number of primary amides is 1. The van der Waals surface area contributed by atoms with Gasteiger partial charge in [-0.25, -0.2) is 4.98 Å². The predicted molar refractivity (Wildman–Crippen MR) is 125 cm³/mol. The number of hydrogen-bond donors (Lipinski definition) is 2. The molecule has 4 rings (SSSR count). The topological polar surface area (TPSA) is 107 Å². The van der Waals surface area contributed by atoms with E-state index in [1.165, 1.54) is 23.1 Å². The molecule has 0 bridgehead atoms. The number of fused-ring (bicyclic) bond motifs is 2. The Morgan fingerprint density at radius 1 is 1.29 bits per heavy atom. The summed E-state index contributed by atoms with van der Waals surface area (Å²) in [5.74, 6) is -0.445. The highest BCUT2D eigenvalue weighted by Crippen LogP contribution is 2.38. The highest BCUT2D eigenvalue weighted by Gasteiger charge is 2.26. The monoisotopic (exact) mass is 456 g/mol. The maximum Gasteiger partial charge on any atom is 0.262 e. The van der Waals surface area contributed by atoms with Gasteiger partial charge in [-0.2, -0.15) is 0 Å². The Morgan fingerprint density at radius 3 is 2.81 bits per heavy atom. The molecule has 1 aliphatic rings. The average Bonchev–Trinajstić information content (AvgIpc) is 3.29. The number of carbonyl (C=O) groups excluding carboxylic acids is 2. The van der Waals surface area contributed by atoms with Gasteiger partial charge < -0.3 is 11.1 Å². The van der Waals surface area contributed by atoms with Gasteiger partial charge in [0.05, 0.1) is 22.2 Å². The zero-order chi connectivity index (χ0) is 22.1. The Labute approximate surface area is 188 Å². The third-order valence-corrected chi connectivity index (χ3v) is 7.31. The number of anilines is 1. The van der Waals surface area contributed by atoms with Gasteiger partial charge in [0.25, 0.3) is 11.5 Å². The number of thioether (sulfide) groups is 1. The van der Waals surface area contributed by atoms with Gasteiger partial charge in [0.15, 0.2) is 5.16 Å². The molecule has 3 aromatic rings. The van der Waals surface area contributed by atoms with Crippen LogP contribution in [0.25, 0.3) is 10.9 Å². The SMILES string of the molecule is CC(C)Cn1c(SCC(=O)Nc2sc3c(c2C(N)=O)CCC3)nc2ccccc2c1=O. The minimum Gasteiger partial charge on any atom is -0.365 e. The summed E-state index contributed by atoms with van der Waals surface area (Å²) in [7, 11) is 0. The van der Waals surface area contributed by atoms with Crippen molar-refractivity contribution in [1.29, 1.82) is 0 Å². The first kappa shape index (κ1) is 21.6. The molecule has 0 radical (unpaired) electrons. The lowest BCUT2D eigenvalue weighted by atomic mass is 10.1. The lowest BCUT2D eigenvalue weighted by Crippen LogP contribution is -2.26. The van der Waals surface area contributed by atoms with Crippen LogP contribution in [0.1, 0.15) is 41.1 Å². The third kappa shape index (κ3) is 4.38. The van der Waals surface area contributed by atoms with E-state index in [0.29, 0.717) is 33.2 Å². The number of carbonyl (C=O) groups is 2. The molecule has 0 saturated heterocycles. The average molecular weight is 457 g/mol. The van der Waals surface area contributed by atoms with Crippen molar-refractivity contribution in [3.8, 4) is 0 Å². The van der Waals surface area contributed by atoms with Crippen LogP contribution in [0.5, 0.6) is 0 Å². The first-order valence-electron chi connectivity index (χ1n) is 10.2. The number of benzene rings is 1. The molecule has 1 aromatic carbocycles. The van der Waals surface area contributed by atoms with Crippen molar-refractivity contribution in [1.82, 2.24) is 9.55 Å². The second-order valence-corrected chi connectivity index (χ2v) is 10.0. The molecule has 0 fully saturated rings. The second-order valence-electron chi connectivity index (χ2n) is 7.98. The largest absolute Gasteiger partial charge is 0.365 e. The summed E-state index contributed by atoms with van der Waals surface area (Å²) in [6.45, 7) is 4.58. The fourth-order valence-electron chi connectivity index (χ4n) is 3.83. The van der Waals surface area contributed by atoms with E-state index in [0.717, 1.165) is 29.7 Å². The molecule has 0 unspecified atom stereocenters. The Hall–Kier alpha value is -2.65. The molecule has 2 heterocycles. The maximum absolute atomic E-state index is 13.0. The lowest BCUT2D eigenvalue weighted by molar-refractivity contribution is -0.113. The quantitative estimate of drug-likeness (QED) is 0.418. The van der Waals surface area contributed by atoms with Crippen LogP contribution in [0.15, 0.2) is 34.2 Å². The summed E-state index contributed by atoms with van der Waals surface area (Å²) in [5.41, 5.74) is 7.50. The van der Waals surface area contributed by atoms with E-state index in [9.17, 15) is 14.4 Å². The van der Waals surface area contributed by atoms with Crippen LogP contribution in [0, 0.1) is 5.92 Å². The Morgan fingerprint density at radius 2 is 2.06 bits per heavy atom. The molecule has 9 heteroatoms. The van der Waals surface area contributed by atoms with Gasteiger partial charge in [-0.05, 0) is 42.9 Å². The normalized spacial score (nSPS) is 13.0. The van der Waals surface area contributed by atoms with Gasteiger partial charge in [0, 0.05) is 11.4 Å². The van der Waals surface area contributed by atoms with Crippen molar-refractivity contribution < 1.29 is 9.59 Å². The minimum atomic E-state index is -0.510. The van der Waals surface area contributed by atoms with Crippen molar-refractivity contribution in [2.24, 2.45) is 11.7 Å². The standard InChI is InChI=1S/C22H24N4O3S2/c1-12(2)10-26-21(29)13-6-3-4-8-15(13)24-22(26)30-11-17(27)25-20-18(19(23)28)14-7-5-9-16(14)31-20/h3-4,6,8,12H,5,7,9-11H2,1-2H3,(H2,23,28)(H,25,27). The number of nitrogens with one attached hydrogen (secondary N) is 1. The van der Waals surface area contributed by atoms with Crippen LogP contribution < -0.4 is 16.6 Å². The highest BCUT2D eigenvalue weighted by atomic mass is 32.2. The number of thiophene rings is 1. The smallest absolute Gasteiger partial charge is 0.262 e. The van der Waals surface area contributed by atoms with E-state index in [-0.39, 0.29) is 23.1 Å². The number of amides is 2. The Balaban J connectivity index is 1.56. The van der Waals surface area contributed by atoms with Gasteiger partial charge in [0.1, 0.15) is 5.00 Å². The van der Waals surface area contributed by atoms with Crippen molar-refractivity contribution in [2.75, 3.05) is 11.1 Å². The summed E-state index contributed by atoms with van der Waals surface area (Å²) >= 11 is 2.65. The van der Waals surface area contributed by atoms with E-state index < -0.39 is 5.91 Å². The number of nitrogens with zero attached hydrogens (tertiary/aromatic N) is 2. The zero-order valence-electron chi connectivity index (χ0n) is 17.4. The number of para-hydroxylation sites is 1. The van der Waals surface area contributed by atoms with Crippen LogP contribution in [-0.2, 0) is 24.2 Å². The van der Waals surface area contributed by atoms with Crippen LogP contribution in [-0.4, -0.2) is 27.1 Å². The van der Waals surface area contributed by atoms with Crippen molar-refractivity contribution in [2.45, 2.75) is 44.8 Å². The van der Waals surface area contributed by atoms with Gasteiger partial charge in [-0.15, -0.1) is 11.3 Å². The summed E-state index contributed by atoms with van der Waals surface area (Å²) < 4.78 is 1.64. The first-order chi connectivity index (χ1) is 14.8. The molecule has 0 aliphatic heterocycles. The van der Waals surface area contributed by atoms with Crippen LogP contribution in [0.4, 0.5) is 5.00 Å². The van der Waals surface area contributed by atoms with E-state index in [1.807, 2.05) is 26.0 Å². The first-order valence-corrected chi connectivity index (χ1v) is 12.0. The van der Waals surface area contributed by atoms with Gasteiger partial charge in [-0.1, -0.05) is 37.7 Å². The molecule has 2 aromatic heterocycles. The van der Waals surface area contributed by atoms with Gasteiger partial charge in [-0.3, -0.25) is 19.0 Å². The Bertz CT molecular complexity index is 1230. The van der Waals surface area contributed by atoms with Crippen LogP contribution in [0.2, 0.25) is 0 Å². The molecule has 2 amide bonds. The van der Waals surface area contributed by atoms with E-state index in [4.69, 9.17) is 5.73 Å². The van der Waals surface area contributed by atoms with Crippen molar-refractivity contribution in [3.63, 3.8) is 0 Å². The van der Waals surface area contributed by atoms with E-state index >= 15 is 0 Å². The summed E-state index contributed by atoms with van der Waals surface area (Å²) in [6, 6.07) is 7.22. The minimum absolute atomic E-state index is 0.0731. The fourth-order valence-corrected chi connectivity index (χ4v) is 5.95. The summed E-state index contributed by atoms with van der Waals surface area (Å²) in [4.78, 5) is 43.3. The lowest BCUT2D eigenvalue weighted by Gasteiger charge is -2.14. The zero-order valence-corrected chi connectivity index (χ0v) is 19.1. The molecule has 3 N–H and O–H groups in total. The predicted octanol–water partition coefficient (Wildman–Crippen LogP) is 3.43. The molecule has 0 atom stereocenters. The number of nitrogens with two attached hydrogens (primary N) is 1. The van der Waals surface area contributed by atoms with Crippen molar-refractivity contribution >= 4 is 50.8 Å². The molecular formula is C22H24N4O3S2. The fraction of sp³-hybridized carbons (Fsp3) is 0.364. The van der Waals surface area contributed by atoms with Gasteiger partial charge >= 0.3 is 0 Å². The Kier molecular flexibility index (Phi) is 6.15. The molecule has 31 heavy (non-hydrogen) atoms. The molecule has 0 spiro atoms. The molecular weight excluding hydrogens is 432 g/mol.